The Hall–Kier alpha value is -2.58. The lowest BCUT2D eigenvalue weighted by Gasteiger charge is -2.07. The number of hydrogen-bond acceptors (Lipinski definition) is 5. The fourth-order valence-corrected chi connectivity index (χ4v) is 2.95. The molecule has 0 unspecified atom stereocenters. The van der Waals surface area contributed by atoms with Crippen LogP contribution in [0, 0.1) is 12.3 Å². The highest BCUT2D eigenvalue weighted by Crippen LogP contribution is 2.37. The molecule has 0 saturated heterocycles. The van der Waals surface area contributed by atoms with Gasteiger partial charge in [-0.25, -0.2) is 0 Å². The van der Waals surface area contributed by atoms with Gasteiger partial charge in [-0.15, -0.1) is 28.0 Å². The second kappa shape index (κ2) is 4.83. The molecule has 0 aliphatic carbocycles. The number of thiophene rings is 1. The number of aromatic hydroxyl groups is 1. The molecule has 0 aliphatic heterocycles. The number of phenols is 1. The predicted molar refractivity (Wildman–Crippen MR) is 82.0 cm³/mol. The molecule has 3 rings (SSSR count). The lowest BCUT2D eigenvalue weighted by molar-refractivity contribution is 0.477. The molecule has 1 aromatic carbocycles. The second-order valence-electron chi connectivity index (χ2n) is 4.19. The molecule has 0 spiro atoms. The molecule has 0 atom stereocenters. The van der Waals surface area contributed by atoms with Gasteiger partial charge in [-0.1, -0.05) is 5.92 Å². The van der Waals surface area contributed by atoms with Gasteiger partial charge >= 0.3 is 0 Å². The van der Waals surface area contributed by atoms with Crippen LogP contribution in [0.2, 0.25) is 0 Å². The molecule has 0 bridgehead atoms. The Morgan fingerprint density at radius 2 is 2.15 bits per heavy atom. The van der Waals surface area contributed by atoms with E-state index in [1.165, 1.54) is 0 Å². The minimum Gasteiger partial charge on any atom is -0.507 e. The van der Waals surface area contributed by atoms with Gasteiger partial charge in [0.25, 0.3) is 0 Å². The van der Waals surface area contributed by atoms with E-state index in [9.17, 15) is 5.11 Å². The summed E-state index contributed by atoms with van der Waals surface area (Å²) in [6, 6.07) is 7.08. The number of hydrogen-bond donors (Lipinski definition) is 2. The molecule has 2 heterocycles. The highest BCUT2D eigenvalue weighted by atomic mass is 32.1. The highest BCUT2D eigenvalue weighted by molar-refractivity contribution is 7.17. The zero-order valence-electron chi connectivity index (χ0n) is 10.7. The standard InChI is InChI=1S/C15H11N3OS/c1-3-9-4-5-10(12(19)8-9)13-11-6-7-20-14(11)15(16-2)18-17-13/h1,4-8,19H,2H3,(H,16,18). The average Bonchev–Trinajstić information content (AvgIpc) is 2.96. The molecule has 4 nitrogen and oxygen atoms in total. The summed E-state index contributed by atoms with van der Waals surface area (Å²) in [7, 11) is 1.81. The summed E-state index contributed by atoms with van der Waals surface area (Å²) in [5.74, 6) is 3.34. The number of rotatable bonds is 2. The first-order chi connectivity index (χ1) is 9.74. The van der Waals surface area contributed by atoms with Crippen molar-refractivity contribution in [1.29, 1.82) is 0 Å². The van der Waals surface area contributed by atoms with Crippen molar-refractivity contribution in [1.82, 2.24) is 10.2 Å². The van der Waals surface area contributed by atoms with E-state index < -0.39 is 0 Å². The van der Waals surface area contributed by atoms with Crippen molar-refractivity contribution >= 4 is 27.2 Å². The number of benzene rings is 1. The summed E-state index contributed by atoms with van der Waals surface area (Å²) in [5.41, 5.74) is 1.91. The molecule has 2 aromatic heterocycles. The van der Waals surface area contributed by atoms with E-state index in [0.717, 1.165) is 15.9 Å². The van der Waals surface area contributed by atoms with Crippen LogP contribution in [-0.2, 0) is 0 Å². The third kappa shape index (κ3) is 1.87. The summed E-state index contributed by atoms with van der Waals surface area (Å²) in [6.45, 7) is 0. The number of fused-ring (bicyclic) bond motifs is 1. The Kier molecular flexibility index (Phi) is 3.01. The minimum absolute atomic E-state index is 0.111. The lowest BCUT2D eigenvalue weighted by atomic mass is 10.1. The van der Waals surface area contributed by atoms with Crippen molar-refractivity contribution in [3.8, 4) is 29.4 Å². The van der Waals surface area contributed by atoms with Crippen LogP contribution in [0.15, 0.2) is 29.6 Å². The fourth-order valence-electron chi connectivity index (χ4n) is 2.06. The molecule has 0 radical (unpaired) electrons. The van der Waals surface area contributed by atoms with E-state index in [2.05, 4.69) is 21.4 Å². The van der Waals surface area contributed by atoms with Crippen LogP contribution in [-0.4, -0.2) is 22.4 Å². The number of nitrogens with one attached hydrogen (secondary N) is 1. The number of phenolic OH excluding ortho intramolecular Hbond substituents is 1. The first kappa shape index (κ1) is 12.5. The van der Waals surface area contributed by atoms with Crippen LogP contribution in [0.3, 0.4) is 0 Å². The second-order valence-corrected chi connectivity index (χ2v) is 5.10. The molecule has 0 aliphatic rings. The van der Waals surface area contributed by atoms with E-state index in [0.29, 0.717) is 16.8 Å². The van der Waals surface area contributed by atoms with Crippen LogP contribution < -0.4 is 5.32 Å². The predicted octanol–water partition coefficient (Wildman–Crippen LogP) is 3.09. The van der Waals surface area contributed by atoms with E-state index in [1.807, 2.05) is 18.5 Å². The lowest BCUT2D eigenvalue weighted by Crippen LogP contribution is -1.97. The van der Waals surface area contributed by atoms with E-state index in [-0.39, 0.29) is 5.75 Å². The van der Waals surface area contributed by atoms with Gasteiger partial charge in [-0.2, -0.15) is 0 Å². The maximum Gasteiger partial charge on any atom is 0.166 e. The first-order valence-electron chi connectivity index (χ1n) is 5.96. The van der Waals surface area contributed by atoms with Crippen LogP contribution in [0.5, 0.6) is 5.75 Å². The van der Waals surface area contributed by atoms with E-state index in [1.54, 1.807) is 29.5 Å². The fraction of sp³-hybridized carbons (Fsp3) is 0.0667. The summed E-state index contributed by atoms with van der Waals surface area (Å²) < 4.78 is 1.01. The SMILES string of the molecule is C#Cc1ccc(-c2nnc(NC)c3sccc23)c(O)c1. The van der Waals surface area contributed by atoms with Crippen LogP contribution in [0.4, 0.5) is 5.82 Å². The Bertz CT molecular complexity index is 833. The van der Waals surface area contributed by atoms with Crippen molar-refractivity contribution in [3.05, 3.63) is 35.2 Å². The number of nitrogens with zero attached hydrogens (tertiary/aromatic N) is 2. The van der Waals surface area contributed by atoms with Gasteiger partial charge < -0.3 is 10.4 Å². The molecular formula is C15H11N3OS. The number of aromatic nitrogens is 2. The van der Waals surface area contributed by atoms with Crippen LogP contribution in [0.1, 0.15) is 5.56 Å². The summed E-state index contributed by atoms with van der Waals surface area (Å²) in [5, 5.41) is 24.4. The van der Waals surface area contributed by atoms with Crippen molar-refractivity contribution in [2.75, 3.05) is 12.4 Å². The smallest absolute Gasteiger partial charge is 0.166 e. The molecule has 0 fully saturated rings. The highest BCUT2D eigenvalue weighted by Gasteiger charge is 2.14. The van der Waals surface area contributed by atoms with E-state index in [4.69, 9.17) is 6.42 Å². The van der Waals surface area contributed by atoms with Gasteiger partial charge in [0.05, 0.1) is 4.70 Å². The van der Waals surface area contributed by atoms with Crippen LogP contribution >= 0.6 is 11.3 Å². The molecular weight excluding hydrogens is 270 g/mol. The maximum atomic E-state index is 10.1. The van der Waals surface area contributed by atoms with Gasteiger partial charge in [-0.05, 0) is 29.6 Å². The quantitative estimate of drug-likeness (QED) is 0.709. The van der Waals surface area contributed by atoms with Gasteiger partial charge in [-0.3, -0.25) is 0 Å². The third-order valence-electron chi connectivity index (χ3n) is 3.04. The number of anilines is 1. The zero-order valence-corrected chi connectivity index (χ0v) is 11.5. The molecule has 0 saturated carbocycles. The largest absolute Gasteiger partial charge is 0.507 e. The Morgan fingerprint density at radius 1 is 1.30 bits per heavy atom. The monoisotopic (exact) mass is 281 g/mol. The number of terminal acetylenes is 1. The maximum absolute atomic E-state index is 10.1. The van der Waals surface area contributed by atoms with Gasteiger partial charge in [0.15, 0.2) is 5.82 Å². The average molecular weight is 281 g/mol. The van der Waals surface area contributed by atoms with Crippen molar-refractivity contribution in [3.63, 3.8) is 0 Å². The van der Waals surface area contributed by atoms with Gasteiger partial charge in [0, 0.05) is 23.6 Å². The van der Waals surface area contributed by atoms with Crippen LogP contribution in [0.25, 0.3) is 21.3 Å². The Morgan fingerprint density at radius 3 is 2.85 bits per heavy atom. The summed E-state index contributed by atoms with van der Waals surface area (Å²) in [4.78, 5) is 0. The topological polar surface area (TPSA) is 58.0 Å². The summed E-state index contributed by atoms with van der Waals surface area (Å²) >= 11 is 1.58. The Balaban J connectivity index is 2.26. The molecule has 20 heavy (non-hydrogen) atoms. The van der Waals surface area contributed by atoms with Gasteiger partial charge in [0.2, 0.25) is 0 Å². The van der Waals surface area contributed by atoms with Crippen molar-refractivity contribution < 1.29 is 5.11 Å². The summed E-state index contributed by atoms with van der Waals surface area (Å²) in [6.07, 6.45) is 5.32. The normalized spacial score (nSPS) is 10.4. The van der Waals surface area contributed by atoms with Gasteiger partial charge in [0.1, 0.15) is 11.4 Å². The molecule has 5 heteroatoms. The van der Waals surface area contributed by atoms with E-state index >= 15 is 0 Å². The minimum atomic E-state index is 0.111. The molecule has 3 aromatic rings. The van der Waals surface area contributed by atoms with Crippen molar-refractivity contribution in [2.45, 2.75) is 0 Å². The zero-order chi connectivity index (χ0) is 14.1. The van der Waals surface area contributed by atoms with Crippen molar-refractivity contribution in [2.24, 2.45) is 0 Å². The Labute approximate surface area is 120 Å². The molecule has 98 valence electrons. The first-order valence-corrected chi connectivity index (χ1v) is 6.84. The molecule has 2 N–H and O–H groups in total. The third-order valence-corrected chi connectivity index (χ3v) is 3.96. The molecule has 0 amide bonds.